The van der Waals surface area contributed by atoms with Crippen molar-refractivity contribution in [2.24, 2.45) is 4.99 Å². The van der Waals surface area contributed by atoms with Gasteiger partial charge in [-0.3, -0.25) is 9.98 Å². The minimum absolute atomic E-state index is 0.248. The Balaban J connectivity index is 0.000000412. The van der Waals surface area contributed by atoms with Gasteiger partial charge in [0.2, 0.25) is 0 Å². The number of benzene rings is 1. The van der Waals surface area contributed by atoms with Gasteiger partial charge in [0.1, 0.15) is 5.69 Å². The van der Waals surface area contributed by atoms with Crippen LogP contribution in [0.2, 0.25) is 0 Å². The average Bonchev–Trinajstić information content (AvgIpc) is 3.00. The predicted molar refractivity (Wildman–Crippen MR) is 148 cm³/mol. The average molecular weight is 505 g/mol. The molecule has 1 saturated heterocycles. The van der Waals surface area contributed by atoms with E-state index in [-0.39, 0.29) is 6.01 Å². The van der Waals surface area contributed by atoms with Crippen LogP contribution >= 0.6 is 0 Å². The van der Waals surface area contributed by atoms with Crippen LogP contribution in [0, 0.1) is 0 Å². The number of methoxy groups -OCH3 is 2. The lowest BCUT2D eigenvalue weighted by Crippen LogP contribution is -2.30. The summed E-state index contributed by atoms with van der Waals surface area (Å²) in [5.74, 6) is 1.04. The summed E-state index contributed by atoms with van der Waals surface area (Å²) in [6, 6.07) is 12.0. The molecule has 2 aliphatic rings. The number of nitrogens with zero attached hydrogens (tertiary/aromatic N) is 4. The molecule has 4 heterocycles. The lowest BCUT2D eigenvalue weighted by Gasteiger charge is -2.15. The fourth-order valence-corrected chi connectivity index (χ4v) is 3.60. The number of hydrogen-bond donors (Lipinski definition) is 2. The molecule has 0 atom stereocenters. The molecule has 1 aromatic carbocycles. The Bertz CT molecular complexity index is 1150. The van der Waals surface area contributed by atoms with Crippen LogP contribution in [0.3, 0.4) is 0 Å². The van der Waals surface area contributed by atoms with Crippen molar-refractivity contribution >= 4 is 17.2 Å². The third kappa shape index (κ3) is 8.09. The molecule has 9 nitrogen and oxygen atoms in total. The number of rotatable bonds is 6. The number of aliphatic imine (C=N–C) groups is 1. The van der Waals surface area contributed by atoms with Crippen molar-refractivity contribution in [3.05, 3.63) is 66.5 Å². The number of anilines is 2. The number of allylic oxidation sites excluding steroid dienone is 1. The summed E-state index contributed by atoms with van der Waals surface area (Å²) in [5.41, 5.74) is 4.35. The molecule has 2 N–H and O–H groups in total. The van der Waals surface area contributed by atoms with Gasteiger partial charge in [0, 0.05) is 48.8 Å². The molecule has 0 aliphatic carbocycles. The van der Waals surface area contributed by atoms with Crippen molar-refractivity contribution < 1.29 is 14.2 Å². The minimum atomic E-state index is 0.248. The number of dihydropyridines is 1. The number of hydrogen-bond acceptors (Lipinski definition) is 9. The summed E-state index contributed by atoms with van der Waals surface area (Å²) in [4.78, 5) is 17.6. The highest BCUT2D eigenvalue weighted by Gasteiger charge is 2.18. The number of nitrogens with one attached hydrogen (secondary N) is 2. The van der Waals surface area contributed by atoms with Crippen LogP contribution in [0.5, 0.6) is 11.8 Å². The zero-order chi connectivity index (χ0) is 26.3. The molecule has 37 heavy (non-hydrogen) atoms. The van der Waals surface area contributed by atoms with Crippen LogP contribution in [0.15, 0.2) is 65.9 Å². The Labute approximate surface area is 219 Å². The van der Waals surface area contributed by atoms with Gasteiger partial charge in [-0.1, -0.05) is 38.1 Å². The lowest BCUT2D eigenvalue weighted by molar-refractivity contribution is 0.109. The van der Waals surface area contributed by atoms with E-state index in [4.69, 9.17) is 14.2 Å². The van der Waals surface area contributed by atoms with Crippen LogP contribution < -0.4 is 20.1 Å². The van der Waals surface area contributed by atoms with E-state index in [1.54, 1.807) is 26.6 Å². The molecule has 2 aliphatic heterocycles. The number of ether oxygens (including phenoxy) is 3. The maximum Gasteiger partial charge on any atom is 0.318 e. The summed E-state index contributed by atoms with van der Waals surface area (Å²) in [5, 5.41) is 6.42. The highest BCUT2D eigenvalue weighted by molar-refractivity contribution is 6.09. The van der Waals surface area contributed by atoms with E-state index in [2.05, 4.69) is 48.8 Å². The van der Waals surface area contributed by atoms with Crippen molar-refractivity contribution in [2.75, 3.05) is 52.4 Å². The van der Waals surface area contributed by atoms with E-state index in [1.165, 1.54) is 0 Å². The fraction of sp³-hybridized carbons (Fsp3) is 0.357. The van der Waals surface area contributed by atoms with Gasteiger partial charge in [0.25, 0.3) is 0 Å². The second-order valence-electron chi connectivity index (χ2n) is 7.70. The van der Waals surface area contributed by atoms with Crippen molar-refractivity contribution in [3.8, 4) is 23.0 Å². The van der Waals surface area contributed by atoms with Gasteiger partial charge in [-0.2, -0.15) is 9.97 Å². The van der Waals surface area contributed by atoms with E-state index >= 15 is 0 Å². The molecule has 1 fully saturated rings. The van der Waals surface area contributed by atoms with Crippen LogP contribution in [0.25, 0.3) is 11.3 Å². The summed E-state index contributed by atoms with van der Waals surface area (Å²) in [6.07, 6.45) is 8.58. The molecular weight excluding hydrogens is 468 g/mol. The van der Waals surface area contributed by atoms with Gasteiger partial charge < -0.3 is 24.8 Å². The van der Waals surface area contributed by atoms with E-state index in [1.807, 2.05) is 44.2 Å². The first kappa shape index (κ1) is 27.8. The number of aromatic nitrogens is 3. The molecule has 0 radical (unpaired) electrons. The summed E-state index contributed by atoms with van der Waals surface area (Å²) < 4.78 is 16.0. The summed E-state index contributed by atoms with van der Waals surface area (Å²) in [7, 11) is 3.14. The zero-order valence-electron chi connectivity index (χ0n) is 22.0. The fourth-order valence-electron chi connectivity index (χ4n) is 3.60. The highest BCUT2D eigenvalue weighted by atomic mass is 16.5. The molecule has 3 aromatic rings. The Morgan fingerprint density at radius 3 is 2.30 bits per heavy atom. The van der Waals surface area contributed by atoms with Crippen molar-refractivity contribution in [1.82, 2.24) is 20.3 Å². The van der Waals surface area contributed by atoms with E-state index < -0.39 is 0 Å². The van der Waals surface area contributed by atoms with Gasteiger partial charge in [0.15, 0.2) is 11.6 Å². The van der Waals surface area contributed by atoms with E-state index in [0.717, 1.165) is 61.8 Å². The van der Waals surface area contributed by atoms with Crippen molar-refractivity contribution in [3.63, 3.8) is 0 Å². The van der Waals surface area contributed by atoms with Crippen LogP contribution in [-0.4, -0.2) is 67.7 Å². The Hall–Kier alpha value is -3.82. The van der Waals surface area contributed by atoms with Gasteiger partial charge in [-0.05, 0) is 30.7 Å². The molecule has 5 rings (SSSR count). The van der Waals surface area contributed by atoms with Gasteiger partial charge in [-0.25, -0.2) is 0 Å². The predicted octanol–water partition coefficient (Wildman–Crippen LogP) is 4.68. The minimum Gasteiger partial charge on any atom is -0.491 e. The molecule has 2 aromatic heterocycles. The van der Waals surface area contributed by atoms with Crippen LogP contribution in [-0.2, 0) is 4.74 Å². The van der Waals surface area contributed by atoms with E-state index in [9.17, 15) is 0 Å². The topological polar surface area (TPSA) is 103 Å². The van der Waals surface area contributed by atoms with Gasteiger partial charge in [0.05, 0.1) is 33.1 Å². The molecule has 9 heteroatoms. The maximum absolute atomic E-state index is 5.69. The lowest BCUT2D eigenvalue weighted by atomic mass is 10.0. The molecule has 0 unspecified atom stereocenters. The van der Waals surface area contributed by atoms with Crippen LogP contribution in [0.4, 0.5) is 11.5 Å². The monoisotopic (exact) mass is 504 g/mol. The molecular formula is C28H36N6O3. The molecule has 0 saturated carbocycles. The Morgan fingerprint density at radius 1 is 0.946 bits per heavy atom. The first-order chi connectivity index (χ1) is 18.3. The number of morpholine rings is 1. The first-order valence-electron chi connectivity index (χ1n) is 12.6. The second-order valence-corrected chi connectivity index (χ2v) is 7.70. The smallest absolute Gasteiger partial charge is 0.318 e. The number of pyridine rings is 1. The Kier molecular flexibility index (Phi) is 11.5. The standard InChI is InChI=1S/C22H21N5O2.C4H9NO.C2H6/c1-28-20-19(16-7-5-6-15(14-16)18-8-3-4-11-24-18)26-22(29-2)27-21(20)25-17-9-12-23-13-10-17;1-3-6-4-2-5-1;1-2/h3,5-10,12-14H,4,11H2,1-2H3,(H,23,25,26,27);5H,1-4H2;1-2H3. The Morgan fingerprint density at radius 2 is 1.70 bits per heavy atom. The quantitative estimate of drug-likeness (QED) is 0.499. The third-order valence-corrected chi connectivity index (χ3v) is 5.31. The summed E-state index contributed by atoms with van der Waals surface area (Å²) >= 11 is 0. The SMILES string of the molecule is C1COCCN1.CC.COc1nc(Nc2ccncc2)c(OC)c(-c2cccc(C3=NCCC=C3)c2)n1. The van der Waals surface area contributed by atoms with Crippen molar-refractivity contribution in [2.45, 2.75) is 20.3 Å². The highest BCUT2D eigenvalue weighted by Crippen LogP contribution is 2.37. The maximum atomic E-state index is 5.69. The van der Waals surface area contributed by atoms with Gasteiger partial charge >= 0.3 is 6.01 Å². The summed E-state index contributed by atoms with van der Waals surface area (Å²) in [6.45, 7) is 8.64. The largest absolute Gasteiger partial charge is 0.491 e. The normalized spacial score (nSPS) is 14.2. The first-order valence-corrected chi connectivity index (χ1v) is 12.6. The molecule has 196 valence electrons. The van der Waals surface area contributed by atoms with Crippen LogP contribution in [0.1, 0.15) is 25.8 Å². The van der Waals surface area contributed by atoms with Crippen molar-refractivity contribution in [1.29, 1.82) is 0 Å². The third-order valence-electron chi connectivity index (χ3n) is 5.31. The van der Waals surface area contributed by atoms with E-state index in [0.29, 0.717) is 17.3 Å². The van der Waals surface area contributed by atoms with Gasteiger partial charge in [-0.15, -0.1) is 0 Å². The zero-order valence-corrected chi connectivity index (χ0v) is 22.0. The molecule has 0 amide bonds. The molecule has 0 spiro atoms. The second kappa shape index (κ2) is 15.3. The molecule has 0 bridgehead atoms.